The molecule has 0 aliphatic carbocycles. The molecule has 28 heavy (non-hydrogen) atoms. The Balaban J connectivity index is 1.81. The second-order valence-electron chi connectivity index (χ2n) is 6.87. The molecule has 7 heteroatoms. The number of hydrogen-bond acceptors (Lipinski definition) is 5. The van der Waals surface area contributed by atoms with Gasteiger partial charge in [-0.25, -0.2) is 0 Å². The van der Waals surface area contributed by atoms with Crippen LogP contribution in [0.4, 0.5) is 0 Å². The van der Waals surface area contributed by atoms with Crippen LogP contribution in [0.5, 0.6) is 11.5 Å². The monoisotopic (exact) mass is 391 g/mol. The van der Waals surface area contributed by atoms with E-state index in [-0.39, 0.29) is 12.1 Å². The zero-order chi connectivity index (χ0) is 20.4. The standard InChI is InChI=1S/C21H33N3O4/c1-5-27-18-12-16-11-15(2)28-19(16)13-17(18)14-24-21(22-3)23-10-8-6-7-9-20(25)26-4/h12-13,15H,5-11,14H2,1-4H3,(H2,22,23,24). The molecule has 2 N–H and O–H groups in total. The number of ether oxygens (including phenoxy) is 3. The minimum Gasteiger partial charge on any atom is -0.494 e. The predicted octanol–water partition coefficient (Wildman–Crippen LogP) is 2.81. The van der Waals surface area contributed by atoms with Crippen molar-refractivity contribution >= 4 is 11.9 Å². The predicted molar refractivity (Wildman–Crippen MR) is 110 cm³/mol. The largest absolute Gasteiger partial charge is 0.494 e. The lowest BCUT2D eigenvalue weighted by Gasteiger charge is -2.15. The van der Waals surface area contributed by atoms with Crippen LogP contribution in [0.2, 0.25) is 0 Å². The summed E-state index contributed by atoms with van der Waals surface area (Å²) in [6, 6.07) is 4.16. The maximum absolute atomic E-state index is 11.1. The van der Waals surface area contributed by atoms with Gasteiger partial charge >= 0.3 is 5.97 Å². The molecule has 1 aromatic carbocycles. The molecule has 1 unspecified atom stereocenters. The van der Waals surface area contributed by atoms with Gasteiger partial charge in [0, 0.05) is 44.1 Å². The highest BCUT2D eigenvalue weighted by molar-refractivity contribution is 5.79. The normalized spacial score (nSPS) is 15.6. The lowest BCUT2D eigenvalue weighted by Crippen LogP contribution is -2.37. The minimum absolute atomic E-state index is 0.150. The van der Waals surface area contributed by atoms with Gasteiger partial charge in [0.2, 0.25) is 0 Å². The summed E-state index contributed by atoms with van der Waals surface area (Å²) in [6.07, 6.45) is 4.37. The van der Waals surface area contributed by atoms with Crippen molar-refractivity contribution < 1.29 is 19.0 Å². The van der Waals surface area contributed by atoms with E-state index in [1.54, 1.807) is 7.05 Å². The van der Waals surface area contributed by atoms with E-state index in [0.717, 1.165) is 55.3 Å². The van der Waals surface area contributed by atoms with Crippen LogP contribution in [-0.4, -0.2) is 45.3 Å². The molecule has 0 fully saturated rings. The van der Waals surface area contributed by atoms with Crippen LogP contribution in [0.15, 0.2) is 17.1 Å². The number of unbranched alkanes of at least 4 members (excludes halogenated alkanes) is 2. The number of aliphatic imine (C=N–C) groups is 1. The third kappa shape index (κ3) is 6.62. The first-order valence-electron chi connectivity index (χ1n) is 10.0. The highest BCUT2D eigenvalue weighted by Crippen LogP contribution is 2.35. The summed E-state index contributed by atoms with van der Waals surface area (Å²) in [5.41, 5.74) is 2.25. The van der Waals surface area contributed by atoms with Crippen LogP contribution in [0.25, 0.3) is 0 Å². The van der Waals surface area contributed by atoms with Gasteiger partial charge in [0.1, 0.15) is 17.6 Å². The second-order valence-corrected chi connectivity index (χ2v) is 6.87. The quantitative estimate of drug-likeness (QED) is 0.276. The van der Waals surface area contributed by atoms with Crippen molar-refractivity contribution in [1.29, 1.82) is 0 Å². The molecule has 2 rings (SSSR count). The number of nitrogens with one attached hydrogen (secondary N) is 2. The third-order valence-electron chi connectivity index (χ3n) is 4.63. The molecule has 0 spiro atoms. The van der Waals surface area contributed by atoms with Gasteiger partial charge in [0.25, 0.3) is 0 Å². The summed E-state index contributed by atoms with van der Waals surface area (Å²) in [5, 5.41) is 6.64. The number of esters is 1. The molecule has 1 atom stereocenters. The Labute approximate surface area is 167 Å². The number of nitrogens with zero attached hydrogens (tertiary/aromatic N) is 1. The summed E-state index contributed by atoms with van der Waals surface area (Å²) in [5.74, 6) is 2.43. The molecule has 0 saturated heterocycles. The highest BCUT2D eigenvalue weighted by Gasteiger charge is 2.21. The number of guanidine groups is 1. The first kappa shape index (κ1) is 21.9. The number of fused-ring (bicyclic) bond motifs is 1. The molecule has 0 bridgehead atoms. The van der Waals surface area contributed by atoms with E-state index < -0.39 is 0 Å². The first-order chi connectivity index (χ1) is 13.6. The van der Waals surface area contributed by atoms with Crippen molar-refractivity contribution in [3.05, 3.63) is 23.3 Å². The molecular weight excluding hydrogens is 358 g/mol. The average molecular weight is 392 g/mol. The van der Waals surface area contributed by atoms with Crippen LogP contribution in [0, 0.1) is 0 Å². The van der Waals surface area contributed by atoms with Gasteiger partial charge in [-0.15, -0.1) is 0 Å². The van der Waals surface area contributed by atoms with Crippen LogP contribution in [-0.2, 0) is 22.5 Å². The molecule has 0 saturated carbocycles. The van der Waals surface area contributed by atoms with Gasteiger partial charge < -0.3 is 24.8 Å². The topological polar surface area (TPSA) is 81.2 Å². The molecular formula is C21H33N3O4. The maximum atomic E-state index is 11.1. The van der Waals surface area contributed by atoms with Crippen LogP contribution in [0.1, 0.15) is 50.7 Å². The number of carbonyl (C=O) groups is 1. The van der Waals surface area contributed by atoms with E-state index in [0.29, 0.717) is 19.6 Å². The molecule has 0 aromatic heterocycles. The lowest BCUT2D eigenvalue weighted by atomic mass is 10.1. The lowest BCUT2D eigenvalue weighted by molar-refractivity contribution is -0.140. The Bertz CT molecular complexity index is 676. The van der Waals surface area contributed by atoms with Crippen molar-refractivity contribution in [3.63, 3.8) is 0 Å². The Morgan fingerprint density at radius 2 is 2.11 bits per heavy atom. The fourth-order valence-electron chi connectivity index (χ4n) is 3.19. The maximum Gasteiger partial charge on any atom is 0.305 e. The van der Waals surface area contributed by atoms with Gasteiger partial charge in [0.05, 0.1) is 13.7 Å². The fourth-order valence-corrected chi connectivity index (χ4v) is 3.19. The van der Waals surface area contributed by atoms with E-state index in [9.17, 15) is 4.79 Å². The van der Waals surface area contributed by atoms with Crippen LogP contribution < -0.4 is 20.1 Å². The van der Waals surface area contributed by atoms with Gasteiger partial charge in [-0.2, -0.15) is 0 Å². The number of benzene rings is 1. The highest BCUT2D eigenvalue weighted by atomic mass is 16.5. The molecule has 1 aliphatic rings. The summed E-state index contributed by atoms with van der Waals surface area (Å²) < 4.78 is 16.3. The Hall–Kier alpha value is -2.44. The van der Waals surface area contributed by atoms with Crippen molar-refractivity contribution in [2.24, 2.45) is 4.99 Å². The molecule has 1 aliphatic heterocycles. The minimum atomic E-state index is -0.150. The van der Waals surface area contributed by atoms with E-state index in [1.807, 2.05) is 6.92 Å². The number of hydrogen-bond donors (Lipinski definition) is 2. The van der Waals surface area contributed by atoms with Crippen LogP contribution in [0.3, 0.4) is 0 Å². The summed E-state index contributed by atoms with van der Waals surface area (Å²) in [7, 11) is 3.17. The fraction of sp³-hybridized carbons (Fsp3) is 0.619. The summed E-state index contributed by atoms with van der Waals surface area (Å²) in [4.78, 5) is 15.4. The van der Waals surface area contributed by atoms with Gasteiger partial charge in [0.15, 0.2) is 5.96 Å². The third-order valence-corrected chi connectivity index (χ3v) is 4.63. The number of rotatable bonds is 10. The second kappa shape index (κ2) is 11.4. The Morgan fingerprint density at radius 3 is 2.82 bits per heavy atom. The SMILES string of the molecule is CCOc1cc2c(cc1CNC(=NC)NCCCCCC(=O)OC)OC(C)C2. The molecule has 0 amide bonds. The Morgan fingerprint density at radius 1 is 1.29 bits per heavy atom. The summed E-state index contributed by atoms with van der Waals surface area (Å²) >= 11 is 0. The van der Waals surface area contributed by atoms with Crippen molar-refractivity contribution in [2.45, 2.75) is 58.6 Å². The zero-order valence-electron chi connectivity index (χ0n) is 17.5. The van der Waals surface area contributed by atoms with Gasteiger partial charge in [-0.3, -0.25) is 9.79 Å². The van der Waals surface area contributed by atoms with E-state index in [4.69, 9.17) is 9.47 Å². The van der Waals surface area contributed by atoms with E-state index in [1.165, 1.54) is 12.7 Å². The van der Waals surface area contributed by atoms with E-state index in [2.05, 4.69) is 39.4 Å². The van der Waals surface area contributed by atoms with Gasteiger partial charge in [-0.1, -0.05) is 6.42 Å². The van der Waals surface area contributed by atoms with Crippen LogP contribution >= 0.6 is 0 Å². The zero-order valence-corrected chi connectivity index (χ0v) is 17.5. The first-order valence-corrected chi connectivity index (χ1v) is 10.0. The van der Waals surface area contributed by atoms with Crippen molar-refractivity contribution in [1.82, 2.24) is 10.6 Å². The summed E-state index contributed by atoms with van der Waals surface area (Å²) in [6.45, 7) is 6.09. The Kier molecular flexibility index (Phi) is 8.91. The van der Waals surface area contributed by atoms with Crippen molar-refractivity contribution in [3.8, 4) is 11.5 Å². The van der Waals surface area contributed by atoms with Gasteiger partial charge in [-0.05, 0) is 38.8 Å². The number of methoxy groups -OCH3 is 1. The average Bonchev–Trinajstić information content (AvgIpc) is 3.05. The number of carbonyl (C=O) groups excluding carboxylic acids is 1. The molecule has 0 radical (unpaired) electrons. The molecule has 7 nitrogen and oxygen atoms in total. The molecule has 156 valence electrons. The molecule has 1 aromatic rings. The van der Waals surface area contributed by atoms with Crippen molar-refractivity contribution in [2.75, 3.05) is 27.3 Å². The smallest absolute Gasteiger partial charge is 0.305 e. The van der Waals surface area contributed by atoms with E-state index >= 15 is 0 Å². The molecule has 1 heterocycles.